The molecular weight excluding hydrogens is 546 g/mol. The largest absolute Gasteiger partial charge is 0.481 e. The second-order valence-electron chi connectivity index (χ2n) is 6.06. The molecule has 0 heterocycles. The Bertz CT molecular complexity index is 916. The van der Waals surface area contributed by atoms with Crippen molar-refractivity contribution in [2.45, 2.75) is 22.5 Å². The Kier molecular flexibility index (Phi) is 11.2. The first-order valence-corrected chi connectivity index (χ1v) is 10.5. The van der Waals surface area contributed by atoms with Crippen molar-refractivity contribution in [1.29, 1.82) is 0 Å². The van der Waals surface area contributed by atoms with E-state index in [0.29, 0.717) is 11.1 Å². The van der Waals surface area contributed by atoms with E-state index in [2.05, 4.69) is 36.6 Å². The number of hydrogen-bond acceptors (Lipinski definition) is 5. The van der Waals surface area contributed by atoms with E-state index < -0.39 is 33.2 Å². The Labute approximate surface area is 193 Å². The predicted octanol–water partition coefficient (Wildman–Crippen LogP) is 4.58. The fourth-order valence-electron chi connectivity index (χ4n) is 2.16. The number of halogens is 4. The van der Waals surface area contributed by atoms with Crippen molar-refractivity contribution in [1.82, 2.24) is 0 Å². The molecular formula is C21H18Br2F2O6. The van der Waals surface area contributed by atoms with Crippen LogP contribution in [-0.4, -0.2) is 45.4 Å². The molecule has 0 aliphatic rings. The SMILES string of the molecule is COC(=O)CC(Br)C(=O)c1ccc(F)cc1.O=C(O)CC(Br)C(=O)c1ccc(F)cc1. The number of esters is 1. The van der Waals surface area contributed by atoms with Gasteiger partial charge in [0.05, 0.1) is 29.6 Å². The molecule has 31 heavy (non-hydrogen) atoms. The molecule has 6 nitrogen and oxygen atoms in total. The summed E-state index contributed by atoms with van der Waals surface area (Å²) in [4.78, 5) is 43.2. The third-order valence-corrected chi connectivity index (χ3v) is 5.23. The lowest BCUT2D eigenvalue weighted by Gasteiger charge is -2.07. The number of hydrogen-bond donors (Lipinski definition) is 1. The maximum absolute atomic E-state index is 12.6. The number of alkyl halides is 2. The number of ketones is 2. The molecule has 0 bridgehead atoms. The minimum atomic E-state index is -1.06. The monoisotopic (exact) mass is 562 g/mol. The fraction of sp³-hybridized carbons (Fsp3) is 0.238. The normalized spacial score (nSPS) is 12.0. The quantitative estimate of drug-likeness (QED) is 0.287. The maximum atomic E-state index is 12.6. The summed E-state index contributed by atoms with van der Waals surface area (Å²) in [6, 6.07) is 10.1. The van der Waals surface area contributed by atoms with Crippen LogP contribution in [0, 0.1) is 11.6 Å². The summed E-state index contributed by atoms with van der Waals surface area (Å²) in [5.74, 6) is -3.01. The molecule has 2 aromatic rings. The number of carbonyl (C=O) groups excluding carboxylic acids is 3. The van der Waals surface area contributed by atoms with Gasteiger partial charge in [-0.2, -0.15) is 0 Å². The van der Waals surface area contributed by atoms with Gasteiger partial charge in [-0.1, -0.05) is 31.9 Å². The first-order chi connectivity index (χ1) is 14.5. The molecule has 0 radical (unpaired) electrons. The Hall–Kier alpha value is -2.46. The highest BCUT2D eigenvalue weighted by atomic mass is 79.9. The zero-order valence-electron chi connectivity index (χ0n) is 16.2. The summed E-state index contributed by atoms with van der Waals surface area (Å²) >= 11 is 6.07. The van der Waals surface area contributed by atoms with Crippen LogP contribution in [0.25, 0.3) is 0 Å². The highest BCUT2D eigenvalue weighted by Crippen LogP contribution is 2.15. The van der Waals surface area contributed by atoms with Crippen LogP contribution in [0.4, 0.5) is 8.78 Å². The second kappa shape index (κ2) is 13.1. The number of ether oxygens (including phenoxy) is 1. The molecule has 1 N–H and O–H groups in total. The lowest BCUT2D eigenvalue weighted by molar-refractivity contribution is -0.140. The van der Waals surface area contributed by atoms with Gasteiger partial charge in [-0.05, 0) is 48.5 Å². The van der Waals surface area contributed by atoms with Crippen molar-refractivity contribution < 1.29 is 37.8 Å². The van der Waals surface area contributed by atoms with Gasteiger partial charge in [-0.15, -0.1) is 0 Å². The van der Waals surface area contributed by atoms with Gasteiger partial charge < -0.3 is 9.84 Å². The van der Waals surface area contributed by atoms with Crippen molar-refractivity contribution in [3.63, 3.8) is 0 Å². The average molecular weight is 564 g/mol. The number of carboxylic acid groups (broad SMARTS) is 1. The predicted molar refractivity (Wildman–Crippen MR) is 116 cm³/mol. The number of carboxylic acids is 1. The minimum absolute atomic E-state index is 0.0489. The van der Waals surface area contributed by atoms with Crippen LogP contribution in [-0.2, 0) is 14.3 Å². The number of aliphatic carboxylic acids is 1. The Morgan fingerprint density at radius 1 is 0.806 bits per heavy atom. The van der Waals surface area contributed by atoms with Gasteiger partial charge in [0.25, 0.3) is 0 Å². The number of carbonyl (C=O) groups is 4. The zero-order valence-corrected chi connectivity index (χ0v) is 19.4. The van der Waals surface area contributed by atoms with E-state index in [1.54, 1.807) is 0 Å². The Morgan fingerprint density at radius 2 is 1.16 bits per heavy atom. The van der Waals surface area contributed by atoms with Crippen molar-refractivity contribution >= 4 is 55.4 Å². The zero-order chi connectivity index (χ0) is 23.6. The van der Waals surface area contributed by atoms with E-state index >= 15 is 0 Å². The molecule has 166 valence electrons. The van der Waals surface area contributed by atoms with Crippen LogP contribution in [0.5, 0.6) is 0 Å². The highest BCUT2D eigenvalue weighted by molar-refractivity contribution is 9.10. The molecule has 0 aliphatic carbocycles. The highest BCUT2D eigenvalue weighted by Gasteiger charge is 2.21. The smallest absolute Gasteiger partial charge is 0.307 e. The molecule has 0 spiro atoms. The van der Waals surface area contributed by atoms with Crippen molar-refractivity contribution in [2.75, 3.05) is 7.11 Å². The molecule has 0 saturated carbocycles. The topological polar surface area (TPSA) is 97.7 Å². The van der Waals surface area contributed by atoms with E-state index in [4.69, 9.17) is 5.11 Å². The van der Waals surface area contributed by atoms with Crippen LogP contribution >= 0.6 is 31.9 Å². The number of Topliss-reactive ketones (excluding diaryl/α,β-unsaturated/α-hetero) is 2. The molecule has 0 fully saturated rings. The second-order valence-corrected chi connectivity index (χ2v) is 8.27. The summed E-state index contributed by atoms with van der Waals surface area (Å²) in [5.41, 5.74) is 0.645. The maximum Gasteiger partial charge on any atom is 0.307 e. The molecule has 0 saturated heterocycles. The summed E-state index contributed by atoms with van der Waals surface area (Å²) in [6.07, 6.45) is -0.344. The Morgan fingerprint density at radius 3 is 1.48 bits per heavy atom. The van der Waals surface area contributed by atoms with E-state index in [9.17, 15) is 28.0 Å². The number of rotatable bonds is 8. The third kappa shape index (κ3) is 9.48. The van der Waals surface area contributed by atoms with Gasteiger partial charge in [0.1, 0.15) is 11.6 Å². The Balaban J connectivity index is 0.000000311. The van der Waals surface area contributed by atoms with Gasteiger partial charge >= 0.3 is 11.9 Å². The molecule has 0 aromatic heterocycles. The molecule has 2 atom stereocenters. The van der Waals surface area contributed by atoms with Crippen LogP contribution in [0.1, 0.15) is 33.6 Å². The van der Waals surface area contributed by atoms with Gasteiger partial charge in [-0.3, -0.25) is 19.2 Å². The van der Waals surface area contributed by atoms with Crippen molar-refractivity contribution in [3.05, 3.63) is 71.3 Å². The van der Waals surface area contributed by atoms with Crippen LogP contribution in [0.15, 0.2) is 48.5 Å². The van der Waals surface area contributed by atoms with Crippen LogP contribution < -0.4 is 0 Å². The summed E-state index contributed by atoms with van der Waals surface area (Å²) in [6.45, 7) is 0. The van der Waals surface area contributed by atoms with E-state index in [-0.39, 0.29) is 24.4 Å². The van der Waals surface area contributed by atoms with Crippen LogP contribution in [0.2, 0.25) is 0 Å². The third-order valence-electron chi connectivity index (χ3n) is 3.75. The molecule has 0 aliphatic heterocycles. The first-order valence-electron chi connectivity index (χ1n) is 8.71. The van der Waals surface area contributed by atoms with Gasteiger partial charge in [0.15, 0.2) is 11.6 Å². The molecule has 10 heteroatoms. The van der Waals surface area contributed by atoms with E-state index in [1.807, 2.05) is 0 Å². The van der Waals surface area contributed by atoms with Crippen molar-refractivity contribution in [2.24, 2.45) is 0 Å². The van der Waals surface area contributed by atoms with E-state index in [1.165, 1.54) is 43.5 Å². The fourth-order valence-corrected chi connectivity index (χ4v) is 3.23. The van der Waals surface area contributed by atoms with Gasteiger partial charge in [-0.25, -0.2) is 8.78 Å². The summed E-state index contributed by atoms with van der Waals surface area (Å²) in [7, 11) is 1.25. The number of methoxy groups -OCH3 is 1. The summed E-state index contributed by atoms with van der Waals surface area (Å²) in [5, 5.41) is 8.48. The first kappa shape index (κ1) is 26.6. The molecule has 2 aromatic carbocycles. The van der Waals surface area contributed by atoms with E-state index in [0.717, 1.165) is 12.1 Å². The summed E-state index contributed by atoms with van der Waals surface area (Å²) < 4.78 is 29.6. The van der Waals surface area contributed by atoms with Crippen LogP contribution in [0.3, 0.4) is 0 Å². The van der Waals surface area contributed by atoms with Crippen molar-refractivity contribution in [3.8, 4) is 0 Å². The standard InChI is InChI=1S/C11H10BrFO3.C10H8BrFO3/c1-16-10(14)6-9(12)11(15)7-2-4-8(13)5-3-7;11-8(5-9(13)14)10(15)6-1-3-7(12)4-2-6/h2-5,9H,6H2,1H3;1-4,8H,5H2,(H,13,14). The molecule has 0 amide bonds. The average Bonchev–Trinajstić information content (AvgIpc) is 2.73. The molecule has 2 rings (SSSR count). The van der Waals surface area contributed by atoms with Gasteiger partial charge in [0.2, 0.25) is 0 Å². The molecule has 2 unspecified atom stereocenters. The van der Waals surface area contributed by atoms with Gasteiger partial charge in [0, 0.05) is 11.1 Å². The minimum Gasteiger partial charge on any atom is -0.481 e. The lowest BCUT2D eigenvalue weighted by atomic mass is 10.1. The number of benzene rings is 2. The lowest BCUT2D eigenvalue weighted by Crippen LogP contribution is -2.19.